The molecule has 0 spiro atoms. The van der Waals surface area contributed by atoms with Gasteiger partial charge in [-0.2, -0.15) is 5.10 Å². The first-order valence-corrected chi connectivity index (χ1v) is 10.7. The summed E-state index contributed by atoms with van der Waals surface area (Å²) < 4.78 is 0. The van der Waals surface area contributed by atoms with Crippen LogP contribution in [0.4, 0.5) is 5.69 Å². The molecular formula is C22H24Cl2N4O. The molecule has 0 radical (unpaired) electrons. The van der Waals surface area contributed by atoms with Gasteiger partial charge in [-0.1, -0.05) is 60.0 Å². The molecule has 1 amide bonds. The van der Waals surface area contributed by atoms with Crippen LogP contribution >= 0.6 is 23.2 Å². The maximum atomic E-state index is 13.2. The molecule has 29 heavy (non-hydrogen) atoms. The number of nitrogens with one attached hydrogen (secondary N) is 1. The average molecular weight is 431 g/mol. The summed E-state index contributed by atoms with van der Waals surface area (Å²) in [4.78, 5) is 13.2. The van der Waals surface area contributed by atoms with Gasteiger partial charge in [0.1, 0.15) is 5.71 Å². The predicted molar refractivity (Wildman–Crippen MR) is 119 cm³/mol. The smallest absolute Gasteiger partial charge is 0.282 e. The molecule has 0 saturated carbocycles. The fourth-order valence-electron chi connectivity index (χ4n) is 4.07. The van der Waals surface area contributed by atoms with Crippen molar-refractivity contribution in [3.63, 3.8) is 0 Å². The molecule has 1 saturated heterocycles. The third-order valence-electron chi connectivity index (χ3n) is 5.54. The van der Waals surface area contributed by atoms with Crippen LogP contribution < -0.4 is 10.4 Å². The number of hydrogen-bond acceptors (Lipinski definition) is 4. The van der Waals surface area contributed by atoms with Crippen LogP contribution in [0.5, 0.6) is 0 Å². The summed E-state index contributed by atoms with van der Waals surface area (Å²) in [5, 5.41) is 9.65. The van der Waals surface area contributed by atoms with E-state index in [9.17, 15) is 4.79 Å². The van der Waals surface area contributed by atoms with Gasteiger partial charge in [-0.25, -0.2) is 5.01 Å². The number of anilines is 1. The molecule has 0 aliphatic carbocycles. The van der Waals surface area contributed by atoms with E-state index in [1.165, 1.54) is 6.42 Å². The largest absolute Gasteiger partial charge is 0.284 e. The molecule has 2 aromatic carbocycles. The van der Waals surface area contributed by atoms with E-state index >= 15 is 0 Å². The molecular weight excluding hydrogens is 407 g/mol. The molecule has 2 aliphatic heterocycles. The molecule has 2 aromatic rings. The second-order valence-electron chi connectivity index (χ2n) is 7.54. The van der Waals surface area contributed by atoms with E-state index in [2.05, 4.69) is 12.3 Å². The zero-order valence-corrected chi connectivity index (χ0v) is 17.8. The highest BCUT2D eigenvalue weighted by atomic mass is 35.5. The maximum Gasteiger partial charge on any atom is 0.282 e. The van der Waals surface area contributed by atoms with E-state index in [1.54, 1.807) is 12.1 Å². The monoisotopic (exact) mass is 430 g/mol. The van der Waals surface area contributed by atoms with E-state index in [0.29, 0.717) is 15.8 Å². The standard InChI is InChI=1S/C22H24Cl2N4O/c1-15-20(16-8-4-2-5-9-16)21(22(29)26-27-12-6-3-7-13-27)25-28(15)19-11-10-17(23)14-18(19)24/h2,4-5,8-11,14-15,20H,3,6-7,12-13H2,1H3,(H,26,29)/t15-,20+/m0/s1. The van der Waals surface area contributed by atoms with Crippen LogP contribution in [-0.4, -0.2) is 35.8 Å². The molecule has 0 unspecified atom stereocenters. The van der Waals surface area contributed by atoms with Gasteiger partial charge in [-0.3, -0.25) is 15.2 Å². The van der Waals surface area contributed by atoms with Gasteiger partial charge in [0.2, 0.25) is 0 Å². The van der Waals surface area contributed by atoms with Crippen molar-refractivity contribution in [1.29, 1.82) is 0 Å². The van der Waals surface area contributed by atoms with Crippen LogP contribution in [0.15, 0.2) is 53.6 Å². The van der Waals surface area contributed by atoms with E-state index in [4.69, 9.17) is 28.3 Å². The second kappa shape index (κ2) is 8.74. The summed E-state index contributed by atoms with van der Waals surface area (Å²) >= 11 is 12.5. The van der Waals surface area contributed by atoms with Crippen LogP contribution in [0.25, 0.3) is 0 Å². The van der Waals surface area contributed by atoms with Gasteiger partial charge in [0.05, 0.1) is 22.7 Å². The lowest BCUT2D eigenvalue weighted by Gasteiger charge is -2.28. The first kappa shape index (κ1) is 20.2. The van der Waals surface area contributed by atoms with Gasteiger partial charge in [0, 0.05) is 18.1 Å². The number of hydrazine groups is 1. The lowest BCUT2D eigenvalue weighted by Crippen LogP contribution is -2.48. The minimum absolute atomic E-state index is 0.0711. The Morgan fingerprint density at radius 2 is 1.79 bits per heavy atom. The fraction of sp³-hybridized carbons (Fsp3) is 0.364. The lowest BCUT2D eigenvalue weighted by atomic mass is 9.88. The van der Waals surface area contributed by atoms with Gasteiger partial charge in [-0.15, -0.1) is 0 Å². The summed E-state index contributed by atoms with van der Waals surface area (Å²) in [6, 6.07) is 15.3. The van der Waals surface area contributed by atoms with Crippen molar-refractivity contribution in [2.45, 2.75) is 38.1 Å². The highest BCUT2D eigenvalue weighted by Gasteiger charge is 2.40. The van der Waals surface area contributed by atoms with Crippen LogP contribution in [0.1, 0.15) is 37.7 Å². The van der Waals surface area contributed by atoms with E-state index in [-0.39, 0.29) is 17.9 Å². The average Bonchev–Trinajstić information content (AvgIpc) is 3.06. The SMILES string of the molecule is C[C@H]1[C@H](c2ccccc2)C(C(=O)NN2CCCCC2)=NN1c1ccc(Cl)cc1Cl. The molecule has 2 heterocycles. The number of piperidine rings is 1. The zero-order valence-electron chi connectivity index (χ0n) is 16.3. The van der Waals surface area contributed by atoms with Gasteiger partial charge in [-0.05, 0) is 43.5 Å². The fourth-order valence-corrected chi connectivity index (χ4v) is 4.56. The number of nitrogens with zero attached hydrogens (tertiary/aromatic N) is 3. The van der Waals surface area contributed by atoms with Crippen molar-refractivity contribution in [3.8, 4) is 0 Å². The normalized spacial score (nSPS) is 22.4. The summed E-state index contributed by atoms with van der Waals surface area (Å²) in [6.07, 6.45) is 3.40. The molecule has 2 atom stereocenters. The van der Waals surface area contributed by atoms with Crippen LogP contribution in [-0.2, 0) is 4.79 Å². The molecule has 0 bridgehead atoms. The Morgan fingerprint density at radius 1 is 1.07 bits per heavy atom. The lowest BCUT2D eigenvalue weighted by molar-refractivity contribution is -0.119. The number of amides is 1. The Labute approximate surface area is 181 Å². The topological polar surface area (TPSA) is 47.9 Å². The maximum absolute atomic E-state index is 13.2. The van der Waals surface area contributed by atoms with Crippen molar-refractivity contribution < 1.29 is 4.79 Å². The number of rotatable bonds is 4. The van der Waals surface area contributed by atoms with Gasteiger partial charge in [0.15, 0.2) is 0 Å². The zero-order chi connectivity index (χ0) is 20.4. The minimum atomic E-state index is -0.160. The van der Waals surface area contributed by atoms with Crippen molar-refractivity contribution in [1.82, 2.24) is 10.4 Å². The van der Waals surface area contributed by atoms with Crippen molar-refractivity contribution in [2.75, 3.05) is 18.1 Å². The number of carbonyl (C=O) groups is 1. The van der Waals surface area contributed by atoms with Crippen molar-refractivity contribution in [3.05, 3.63) is 64.1 Å². The third kappa shape index (κ3) is 4.27. The molecule has 0 aromatic heterocycles. The van der Waals surface area contributed by atoms with E-state index in [1.807, 2.05) is 46.4 Å². The first-order chi connectivity index (χ1) is 14.0. The Kier molecular flexibility index (Phi) is 6.09. The number of benzene rings is 2. The first-order valence-electron chi connectivity index (χ1n) is 9.98. The quantitative estimate of drug-likeness (QED) is 0.753. The Balaban J connectivity index is 1.68. The molecule has 1 fully saturated rings. The summed E-state index contributed by atoms with van der Waals surface area (Å²) in [5.41, 5.74) is 5.36. The predicted octanol–water partition coefficient (Wildman–Crippen LogP) is 4.86. The summed E-state index contributed by atoms with van der Waals surface area (Å²) in [5.74, 6) is -0.312. The van der Waals surface area contributed by atoms with Gasteiger partial charge >= 0.3 is 0 Å². The highest BCUT2D eigenvalue weighted by molar-refractivity contribution is 6.42. The number of hydrazone groups is 1. The van der Waals surface area contributed by atoms with Crippen molar-refractivity contribution in [2.24, 2.45) is 5.10 Å². The Morgan fingerprint density at radius 3 is 2.48 bits per heavy atom. The molecule has 4 rings (SSSR count). The number of halogens is 2. The number of carbonyl (C=O) groups excluding carboxylic acids is 1. The van der Waals surface area contributed by atoms with E-state index < -0.39 is 0 Å². The second-order valence-corrected chi connectivity index (χ2v) is 8.39. The van der Waals surface area contributed by atoms with Crippen LogP contribution in [0.2, 0.25) is 10.0 Å². The summed E-state index contributed by atoms with van der Waals surface area (Å²) in [6.45, 7) is 3.81. The minimum Gasteiger partial charge on any atom is -0.284 e. The van der Waals surface area contributed by atoms with Crippen LogP contribution in [0.3, 0.4) is 0 Å². The Hall–Kier alpha value is -2.08. The van der Waals surface area contributed by atoms with Gasteiger partial charge in [0.25, 0.3) is 5.91 Å². The van der Waals surface area contributed by atoms with Gasteiger partial charge < -0.3 is 0 Å². The molecule has 1 N–H and O–H groups in total. The molecule has 5 nitrogen and oxygen atoms in total. The molecule has 7 heteroatoms. The number of hydrogen-bond donors (Lipinski definition) is 1. The van der Waals surface area contributed by atoms with Crippen molar-refractivity contribution >= 4 is 40.5 Å². The third-order valence-corrected chi connectivity index (χ3v) is 6.08. The molecule has 2 aliphatic rings. The highest BCUT2D eigenvalue weighted by Crippen LogP contribution is 2.38. The Bertz CT molecular complexity index is 912. The van der Waals surface area contributed by atoms with Crippen LogP contribution in [0, 0.1) is 0 Å². The summed E-state index contributed by atoms with van der Waals surface area (Å²) in [7, 11) is 0. The van der Waals surface area contributed by atoms with E-state index in [0.717, 1.165) is 37.2 Å². The molecule has 152 valence electrons.